The van der Waals surface area contributed by atoms with E-state index >= 15 is 0 Å². The molecule has 2 aromatic heterocycles. The first-order valence-electron chi connectivity index (χ1n) is 17.8. The van der Waals surface area contributed by atoms with E-state index in [0.717, 1.165) is 67.3 Å². The number of anilines is 2. The van der Waals surface area contributed by atoms with Crippen molar-refractivity contribution in [3.05, 3.63) is 157 Å². The van der Waals surface area contributed by atoms with Crippen molar-refractivity contribution in [1.82, 2.24) is 14.4 Å². The molecule has 6 aromatic carbocycles. The number of imidazole rings is 1. The van der Waals surface area contributed by atoms with Crippen LogP contribution in [0, 0.1) is 0 Å². The van der Waals surface area contributed by atoms with Gasteiger partial charge in [-0.15, -0.1) is 0 Å². The molecule has 0 saturated heterocycles. The first-order chi connectivity index (χ1) is 25.3. The first-order valence-corrected chi connectivity index (χ1v) is 17.8. The monoisotopic (exact) mass is 670 g/mol. The number of benzene rings is 6. The lowest BCUT2D eigenvalue weighted by molar-refractivity contribution is 0.477. The molecule has 10 rings (SSSR count). The molecule has 0 radical (unpaired) electrons. The lowest BCUT2D eigenvalue weighted by Gasteiger charge is -2.42. The summed E-state index contributed by atoms with van der Waals surface area (Å²) in [7, 11) is 0. The SMILES string of the molecule is CC(C)(C)c1cc(-c2cc(-c3ccccc3)ccn2)cc(-c2cccc3c2nc2n3B3c4ccccc4-c4ccccc4N3c3cccc(O)c3-2)c1. The highest BCUT2D eigenvalue weighted by Crippen LogP contribution is 2.50. The summed E-state index contributed by atoms with van der Waals surface area (Å²) in [6.07, 6.45) is 1.90. The normalized spacial score (nSPS) is 12.9. The van der Waals surface area contributed by atoms with E-state index in [0.29, 0.717) is 0 Å². The van der Waals surface area contributed by atoms with Gasteiger partial charge in [0, 0.05) is 34.3 Å². The summed E-state index contributed by atoms with van der Waals surface area (Å²) in [5.41, 5.74) is 15.8. The average molecular weight is 671 g/mol. The Kier molecular flexibility index (Phi) is 6.62. The van der Waals surface area contributed by atoms with E-state index in [2.05, 4.69) is 157 Å². The second-order valence-corrected chi connectivity index (χ2v) is 14.8. The molecule has 0 atom stereocenters. The average Bonchev–Trinajstić information content (AvgIpc) is 3.57. The van der Waals surface area contributed by atoms with Crippen LogP contribution in [-0.2, 0) is 5.41 Å². The van der Waals surface area contributed by atoms with Crippen LogP contribution in [0.1, 0.15) is 26.3 Å². The van der Waals surface area contributed by atoms with Gasteiger partial charge in [-0.1, -0.05) is 118 Å². The summed E-state index contributed by atoms with van der Waals surface area (Å²) in [4.78, 5) is 12.7. The Bertz CT molecular complexity index is 2710. The van der Waals surface area contributed by atoms with Crippen molar-refractivity contribution in [2.75, 3.05) is 4.81 Å². The van der Waals surface area contributed by atoms with Gasteiger partial charge in [-0.3, -0.25) is 4.98 Å². The van der Waals surface area contributed by atoms with Gasteiger partial charge >= 0.3 is 6.98 Å². The molecule has 0 amide bonds. The highest BCUT2D eigenvalue weighted by atomic mass is 16.3. The summed E-state index contributed by atoms with van der Waals surface area (Å²) >= 11 is 0. The van der Waals surface area contributed by atoms with Crippen LogP contribution >= 0.6 is 0 Å². The van der Waals surface area contributed by atoms with Gasteiger partial charge < -0.3 is 14.4 Å². The quantitative estimate of drug-likeness (QED) is 0.190. The highest BCUT2D eigenvalue weighted by molar-refractivity contribution is 6.80. The number of para-hydroxylation sites is 2. The molecule has 6 heteroatoms. The first kappa shape index (κ1) is 30.4. The van der Waals surface area contributed by atoms with Crippen molar-refractivity contribution in [1.29, 1.82) is 0 Å². The summed E-state index contributed by atoms with van der Waals surface area (Å²) in [6.45, 7) is 6.57. The number of hydrogen-bond acceptors (Lipinski definition) is 4. The Labute approximate surface area is 303 Å². The van der Waals surface area contributed by atoms with E-state index in [1.54, 1.807) is 6.07 Å². The lowest BCUT2D eigenvalue weighted by Crippen LogP contribution is -2.56. The molecule has 0 spiro atoms. The summed E-state index contributed by atoms with van der Waals surface area (Å²) < 4.78 is 2.33. The molecule has 0 aliphatic carbocycles. The lowest BCUT2D eigenvalue weighted by atomic mass is 9.58. The number of hydrogen-bond donors (Lipinski definition) is 1. The summed E-state index contributed by atoms with van der Waals surface area (Å²) in [5.74, 6) is 0.974. The van der Waals surface area contributed by atoms with Crippen molar-refractivity contribution >= 4 is 34.9 Å². The smallest absolute Gasteiger partial charge is 0.422 e. The molecule has 4 heterocycles. The van der Waals surface area contributed by atoms with Gasteiger partial charge in [-0.25, -0.2) is 4.98 Å². The van der Waals surface area contributed by atoms with Gasteiger partial charge in [-0.2, -0.15) is 0 Å². The zero-order chi connectivity index (χ0) is 35.1. The van der Waals surface area contributed by atoms with E-state index in [1.807, 2.05) is 18.3 Å². The molecular formula is C46H35BN4O. The van der Waals surface area contributed by atoms with Crippen molar-refractivity contribution in [3.8, 4) is 61.8 Å². The number of rotatable bonds is 3. The molecule has 52 heavy (non-hydrogen) atoms. The second kappa shape index (κ2) is 11.3. The third kappa shape index (κ3) is 4.57. The van der Waals surface area contributed by atoms with Gasteiger partial charge in [0.05, 0.1) is 22.3 Å². The van der Waals surface area contributed by atoms with Crippen molar-refractivity contribution in [2.45, 2.75) is 26.2 Å². The Balaban J connectivity index is 1.22. The number of phenolic OH excluding ortho intramolecular Hbond substituents is 1. The van der Waals surface area contributed by atoms with Crippen LogP contribution in [-0.4, -0.2) is 26.5 Å². The standard InChI is InChI=1S/C46H35BN4O/c1-46(2,3)33-26-31(25-32(27-33)38-28-30(23-24-48-38)29-13-5-4-6-14-29)34-17-11-21-41-44(34)49-45-43-40(20-12-22-42(43)52)50-39-19-10-8-16-36(39)35-15-7-9-18-37(35)47(50)51(41)45/h4-28,52H,1-3H3. The predicted octanol–water partition coefficient (Wildman–Crippen LogP) is 10.5. The topological polar surface area (TPSA) is 54.2 Å². The number of nitrogens with zero attached hydrogens (tertiary/aromatic N) is 4. The van der Waals surface area contributed by atoms with Crippen LogP contribution < -0.4 is 10.3 Å². The Morgan fingerprint density at radius 3 is 2.15 bits per heavy atom. The maximum absolute atomic E-state index is 11.6. The van der Waals surface area contributed by atoms with Crippen LogP contribution in [0.15, 0.2) is 152 Å². The second-order valence-electron chi connectivity index (χ2n) is 14.8. The molecule has 248 valence electrons. The third-order valence-corrected chi connectivity index (χ3v) is 10.7. The highest BCUT2D eigenvalue weighted by Gasteiger charge is 2.45. The molecule has 0 unspecified atom stereocenters. The molecular weight excluding hydrogens is 635 g/mol. The molecule has 2 aliphatic rings. The van der Waals surface area contributed by atoms with Crippen molar-refractivity contribution in [2.24, 2.45) is 0 Å². The number of aromatic hydroxyl groups is 1. The zero-order valence-electron chi connectivity index (χ0n) is 29.2. The Morgan fingerprint density at radius 2 is 1.31 bits per heavy atom. The number of aromatic nitrogens is 3. The van der Waals surface area contributed by atoms with E-state index in [1.165, 1.54) is 22.2 Å². The molecule has 0 bridgehead atoms. The van der Waals surface area contributed by atoms with Crippen LogP contribution in [0.25, 0.3) is 67.1 Å². The molecule has 0 saturated carbocycles. The number of phenols is 1. The molecule has 5 nitrogen and oxygen atoms in total. The van der Waals surface area contributed by atoms with Crippen molar-refractivity contribution < 1.29 is 5.11 Å². The molecule has 0 fully saturated rings. The predicted molar refractivity (Wildman–Crippen MR) is 214 cm³/mol. The van der Waals surface area contributed by atoms with E-state index < -0.39 is 0 Å². The summed E-state index contributed by atoms with van der Waals surface area (Å²) in [6, 6.07) is 51.1. The van der Waals surface area contributed by atoms with E-state index in [9.17, 15) is 5.11 Å². The molecule has 8 aromatic rings. The largest absolute Gasteiger partial charge is 0.507 e. The molecule has 2 aliphatic heterocycles. The van der Waals surface area contributed by atoms with Gasteiger partial charge in [0.15, 0.2) is 0 Å². The van der Waals surface area contributed by atoms with Gasteiger partial charge in [0.25, 0.3) is 0 Å². The van der Waals surface area contributed by atoms with Gasteiger partial charge in [0.2, 0.25) is 0 Å². The van der Waals surface area contributed by atoms with E-state index in [4.69, 9.17) is 9.97 Å². The fourth-order valence-electron chi connectivity index (χ4n) is 8.16. The minimum absolute atomic E-state index is 0.104. The van der Waals surface area contributed by atoms with Crippen LogP contribution in [0.5, 0.6) is 5.75 Å². The minimum Gasteiger partial charge on any atom is -0.507 e. The van der Waals surface area contributed by atoms with Crippen LogP contribution in [0.4, 0.5) is 11.4 Å². The van der Waals surface area contributed by atoms with Crippen LogP contribution in [0.2, 0.25) is 0 Å². The zero-order valence-corrected chi connectivity index (χ0v) is 29.2. The number of pyridine rings is 1. The maximum atomic E-state index is 11.6. The van der Waals surface area contributed by atoms with E-state index in [-0.39, 0.29) is 18.1 Å². The summed E-state index contributed by atoms with van der Waals surface area (Å²) in [5, 5.41) is 11.6. The van der Waals surface area contributed by atoms with Crippen LogP contribution in [0.3, 0.4) is 0 Å². The maximum Gasteiger partial charge on any atom is 0.422 e. The Morgan fingerprint density at radius 1 is 0.596 bits per heavy atom. The van der Waals surface area contributed by atoms with Gasteiger partial charge in [-0.05, 0) is 87.2 Å². The van der Waals surface area contributed by atoms with Gasteiger partial charge in [0.1, 0.15) is 11.6 Å². The van der Waals surface area contributed by atoms with Crippen molar-refractivity contribution in [3.63, 3.8) is 0 Å². The third-order valence-electron chi connectivity index (χ3n) is 10.7. The minimum atomic E-state index is -0.197. The Hall–Kier alpha value is -6.40. The fraction of sp³-hybridized carbons (Fsp3) is 0.0870. The number of fused-ring (bicyclic) bond motifs is 13. The molecule has 1 N–H and O–H groups in total. The fourth-order valence-corrected chi connectivity index (χ4v) is 8.16.